The van der Waals surface area contributed by atoms with Gasteiger partial charge in [-0.05, 0) is 49.1 Å². The van der Waals surface area contributed by atoms with Crippen LogP contribution in [0.5, 0.6) is 0 Å². The number of hydrogen-bond acceptors (Lipinski definition) is 2. The summed E-state index contributed by atoms with van der Waals surface area (Å²) in [5, 5.41) is 3.26. The first-order chi connectivity index (χ1) is 10.7. The van der Waals surface area contributed by atoms with E-state index in [-0.39, 0.29) is 11.4 Å². The monoisotopic (exact) mass is 375 g/mol. The molecule has 1 amide bonds. The van der Waals surface area contributed by atoms with Crippen LogP contribution in [0.2, 0.25) is 0 Å². The maximum atomic E-state index is 12.3. The Balaban J connectivity index is 1.60. The van der Waals surface area contributed by atoms with Crippen molar-refractivity contribution in [1.29, 1.82) is 0 Å². The lowest BCUT2D eigenvalue weighted by molar-refractivity contribution is -0.121. The summed E-state index contributed by atoms with van der Waals surface area (Å²) in [6.07, 6.45) is 3.24. The number of rotatable bonds is 5. The predicted molar refractivity (Wildman–Crippen MR) is 95.0 cm³/mol. The van der Waals surface area contributed by atoms with Crippen LogP contribution in [0.3, 0.4) is 0 Å². The van der Waals surface area contributed by atoms with Gasteiger partial charge in [-0.15, -0.1) is 11.8 Å². The number of carbonyl (C=O) groups is 1. The van der Waals surface area contributed by atoms with E-state index < -0.39 is 0 Å². The minimum Gasteiger partial charge on any atom is -0.346 e. The topological polar surface area (TPSA) is 29.1 Å². The molecule has 1 fully saturated rings. The van der Waals surface area contributed by atoms with Gasteiger partial charge in [0.2, 0.25) is 5.91 Å². The molecule has 2 aromatic carbocycles. The lowest BCUT2D eigenvalue weighted by atomic mass is 9.72. The second-order valence-corrected chi connectivity index (χ2v) is 7.56. The normalized spacial score (nSPS) is 15.9. The molecule has 1 aliphatic carbocycles. The molecule has 114 valence electrons. The third-order valence-electron chi connectivity index (χ3n) is 4.10. The molecule has 3 rings (SSSR count). The van der Waals surface area contributed by atoms with E-state index in [1.807, 2.05) is 42.5 Å². The van der Waals surface area contributed by atoms with Crippen LogP contribution in [0.1, 0.15) is 24.8 Å². The zero-order valence-corrected chi connectivity index (χ0v) is 14.6. The van der Waals surface area contributed by atoms with Crippen LogP contribution in [-0.2, 0) is 10.3 Å². The van der Waals surface area contributed by atoms with Crippen molar-refractivity contribution in [2.75, 3.05) is 5.75 Å². The molecule has 1 N–H and O–H groups in total. The number of halogens is 1. The molecule has 0 aromatic heterocycles. The first kappa shape index (κ1) is 15.6. The van der Waals surface area contributed by atoms with Gasteiger partial charge in [0, 0.05) is 9.37 Å². The second kappa shape index (κ2) is 6.88. The Morgan fingerprint density at radius 3 is 2.36 bits per heavy atom. The summed E-state index contributed by atoms with van der Waals surface area (Å²) in [7, 11) is 0. The Bertz CT molecular complexity index is 638. The summed E-state index contributed by atoms with van der Waals surface area (Å²) in [4.78, 5) is 13.4. The predicted octanol–water partition coefficient (Wildman–Crippen LogP) is 4.74. The third kappa shape index (κ3) is 3.55. The Morgan fingerprint density at radius 1 is 1.09 bits per heavy atom. The minimum atomic E-state index is -0.140. The average molecular weight is 376 g/mol. The largest absolute Gasteiger partial charge is 0.346 e. The van der Waals surface area contributed by atoms with E-state index in [1.54, 1.807) is 11.8 Å². The molecule has 0 bridgehead atoms. The second-order valence-electron chi connectivity index (χ2n) is 5.59. The maximum absolute atomic E-state index is 12.3. The zero-order chi connectivity index (χ0) is 15.4. The highest BCUT2D eigenvalue weighted by Crippen LogP contribution is 2.41. The summed E-state index contributed by atoms with van der Waals surface area (Å²) in [6, 6.07) is 18.4. The van der Waals surface area contributed by atoms with Crippen molar-refractivity contribution in [2.45, 2.75) is 29.7 Å². The van der Waals surface area contributed by atoms with E-state index >= 15 is 0 Å². The first-order valence-corrected chi connectivity index (χ1v) is 9.21. The van der Waals surface area contributed by atoms with E-state index in [0.717, 1.165) is 22.2 Å². The van der Waals surface area contributed by atoms with Gasteiger partial charge in [0.15, 0.2) is 0 Å². The van der Waals surface area contributed by atoms with Crippen molar-refractivity contribution in [1.82, 2.24) is 5.32 Å². The van der Waals surface area contributed by atoms with E-state index in [0.29, 0.717) is 5.75 Å². The summed E-state index contributed by atoms with van der Waals surface area (Å²) in [5.41, 5.74) is 1.08. The summed E-state index contributed by atoms with van der Waals surface area (Å²) < 4.78 is 1.05. The fourth-order valence-electron chi connectivity index (χ4n) is 2.76. The molecule has 1 saturated carbocycles. The SMILES string of the molecule is O=C(CSc1ccc(Br)cc1)NC1(c2ccccc2)CCC1. The molecule has 0 atom stereocenters. The van der Waals surface area contributed by atoms with Gasteiger partial charge < -0.3 is 5.32 Å². The maximum Gasteiger partial charge on any atom is 0.231 e. The quantitative estimate of drug-likeness (QED) is 0.764. The van der Waals surface area contributed by atoms with Gasteiger partial charge in [-0.25, -0.2) is 0 Å². The molecular weight excluding hydrogens is 358 g/mol. The first-order valence-electron chi connectivity index (χ1n) is 7.43. The van der Waals surface area contributed by atoms with Crippen LogP contribution in [0, 0.1) is 0 Å². The zero-order valence-electron chi connectivity index (χ0n) is 12.2. The van der Waals surface area contributed by atoms with Crippen LogP contribution >= 0.6 is 27.7 Å². The van der Waals surface area contributed by atoms with E-state index in [2.05, 4.69) is 33.4 Å². The van der Waals surface area contributed by atoms with Gasteiger partial charge in [-0.2, -0.15) is 0 Å². The summed E-state index contributed by atoms with van der Waals surface area (Å²) in [5.74, 6) is 0.562. The molecule has 4 heteroatoms. The molecule has 0 radical (unpaired) electrons. The standard InChI is InChI=1S/C18H18BrNOS/c19-15-7-9-16(10-8-15)22-13-17(21)20-18(11-4-12-18)14-5-2-1-3-6-14/h1-3,5-10H,4,11-13H2,(H,20,21). The molecule has 0 spiro atoms. The van der Waals surface area contributed by atoms with Gasteiger partial charge in [0.05, 0.1) is 11.3 Å². The molecular formula is C18H18BrNOS. The van der Waals surface area contributed by atoms with Crippen molar-refractivity contribution >= 4 is 33.6 Å². The lowest BCUT2D eigenvalue weighted by Crippen LogP contribution is -2.51. The molecule has 22 heavy (non-hydrogen) atoms. The Hall–Kier alpha value is -1.26. The molecule has 0 unspecified atom stereocenters. The fourth-order valence-corrected chi connectivity index (χ4v) is 3.72. The molecule has 0 heterocycles. The number of hydrogen-bond donors (Lipinski definition) is 1. The minimum absolute atomic E-state index is 0.108. The van der Waals surface area contributed by atoms with Gasteiger partial charge >= 0.3 is 0 Å². The van der Waals surface area contributed by atoms with Crippen LogP contribution < -0.4 is 5.32 Å². The van der Waals surface area contributed by atoms with Crippen molar-refractivity contribution < 1.29 is 4.79 Å². The molecule has 2 aromatic rings. The van der Waals surface area contributed by atoms with Crippen molar-refractivity contribution in [3.63, 3.8) is 0 Å². The van der Waals surface area contributed by atoms with E-state index in [4.69, 9.17) is 0 Å². The van der Waals surface area contributed by atoms with Gasteiger partial charge in [0.1, 0.15) is 0 Å². The highest BCUT2D eigenvalue weighted by Gasteiger charge is 2.39. The number of thioether (sulfide) groups is 1. The highest BCUT2D eigenvalue weighted by atomic mass is 79.9. The van der Waals surface area contributed by atoms with Crippen LogP contribution in [0.4, 0.5) is 0 Å². The Morgan fingerprint density at radius 2 is 1.77 bits per heavy atom. The highest BCUT2D eigenvalue weighted by molar-refractivity contribution is 9.10. The van der Waals surface area contributed by atoms with Gasteiger partial charge in [-0.1, -0.05) is 46.3 Å². The van der Waals surface area contributed by atoms with Gasteiger partial charge in [-0.3, -0.25) is 4.79 Å². The van der Waals surface area contributed by atoms with E-state index in [9.17, 15) is 4.79 Å². The number of benzene rings is 2. The number of nitrogens with one attached hydrogen (secondary N) is 1. The summed E-state index contributed by atoms with van der Waals surface area (Å²) >= 11 is 4.99. The average Bonchev–Trinajstić information content (AvgIpc) is 2.51. The molecule has 2 nitrogen and oxygen atoms in total. The molecule has 0 saturated heterocycles. The Kier molecular flexibility index (Phi) is 4.89. The fraction of sp³-hybridized carbons (Fsp3) is 0.278. The van der Waals surface area contributed by atoms with Crippen molar-refractivity contribution in [3.8, 4) is 0 Å². The Labute approximate surface area is 143 Å². The van der Waals surface area contributed by atoms with Crippen molar-refractivity contribution in [2.24, 2.45) is 0 Å². The van der Waals surface area contributed by atoms with Crippen LogP contribution in [0.25, 0.3) is 0 Å². The lowest BCUT2D eigenvalue weighted by Gasteiger charge is -2.43. The number of carbonyl (C=O) groups excluding carboxylic acids is 1. The number of amides is 1. The van der Waals surface area contributed by atoms with Crippen molar-refractivity contribution in [3.05, 3.63) is 64.6 Å². The molecule has 0 aliphatic heterocycles. The van der Waals surface area contributed by atoms with Gasteiger partial charge in [0.25, 0.3) is 0 Å². The summed E-state index contributed by atoms with van der Waals surface area (Å²) in [6.45, 7) is 0. The van der Waals surface area contributed by atoms with Crippen LogP contribution in [-0.4, -0.2) is 11.7 Å². The van der Waals surface area contributed by atoms with Crippen LogP contribution in [0.15, 0.2) is 64.0 Å². The third-order valence-corrected chi connectivity index (χ3v) is 5.64. The van der Waals surface area contributed by atoms with E-state index in [1.165, 1.54) is 12.0 Å². The smallest absolute Gasteiger partial charge is 0.231 e. The molecule has 1 aliphatic rings.